The van der Waals surface area contributed by atoms with Crippen molar-refractivity contribution in [1.29, 1.82) is 0 Å². The van der Waals surface area contributed by atoms with Gasteiger partial charge in [0, 0.05) is 12.1 Å². The second-order valence-electron chi connectivity index (χ2n) is 5.72. The van der Waals surface area contributed by atoms with Gasteiger partial charge in [0.25, 0.3) is 0 Å². The molecule has 0 amide bonds. The van der Waals surface area contributed by atoms with Gasteiger partial charge in [-0.1, -0.05) is 31.5 Å². The van der Waals surface area contributed by atoms with Crippen LogP contribution in [-0.4, -0.2) is 18.7 Å². The fourth-order valence-electron chi connectivity index (χ4n) is 2.16. The second kappa shape index (κ2) is 7.42. The Labute approximate surface area is 112 Å². The maximum absolute atomic E-state index is 5.77. The van der Waals surface area contributed by atoms with Gasteiger partial charge in [-0.3, -0.25) is 0 Å². The zero-order chi connectivity index (χ0) is 13.5. The lowest BCUT2D eigenvalue weighted by Crippen LogP contribution is -2.38. The number of aryl methyl sites for hydroxylation is 1. The van der Waals surface area contributed by atoms with Gasteiger partial charge in [-0.05, 0) is 45.2 Å². The van der Waals surface area contributed by atoms with Crippen LogP contribution in [0.15, 0.2) is 24.3 Å². The van der Waals surface area contributed by atoms with Crippen molar-refractivity contribution in [3.05, 3.63) is 29.8 Å². The predicted octanol–water partition coefficient (Wildman–Crippen LogP) is 3.79. The van der Waals surface area contributed by atoms with E-state index in [0.29, 0.717) is 18.7 Å². The SMILES string of the molecule is Cc1ccc(OCC(C)NC(C)CC(C)C)cc1. The van der Waals surface area contributed by atoms with Gasteiger partial charge >= 0.3 is 0 Å². The Bertz CT molecular complexity index is 331. The molecule has 0 aliphatic carbocycles. The molecular weight excluding hydrogens is 222 g/mol. The minimum absolute atomic E-state index is 0.375. The molecule has 1 aromatic carbocycles. The first-order chi connectivity index (χ1) is 8.47. The topological polar surface area (TPSA) is 21.3 Å². The zero-order valence-corrected chi connectivity index (χ0v) is 12.4. The summed E-state index contributed by atoms with van der Waals surface area (Å²) < 4.78 is 5.77. The number of benzene rings is 1. The molecular formula is C16H27NO. The van der Waals surface area contributed by atoms with E-state index in [2.05, 4.69) is 52.1 Å². The van der Waals surface area contributed by atoms with Crippen LogP contribution >= 0.6 is 0 Å². The number of ether oxygens (including phenoxy) is 1. The summed E-state index contributed by atoms with van der Waals surface area (Å²) in [6.07, 6.45) is 1.20. The van der Waals surface area contributed by atoms with E-state index in [4.69, 9.17) is 4.74 Å². The van der Waals surface area contributed by atoms with Gasteiger partial charge in [0.1, 0.15) is 12.4 Å². The quantitative estimate of drug-likeness (QED) is 0.794. The Kier molecular flexibility index (Phi) is 6.20. The van der Waals surface area contributed by atoms with Crippen LogP contribution in [-0.2, 0) is 0 Å². The first-order valence-electron chi connectivity index (χ1n) is 6.93. The summed E-state index contributed by atoms with van der Waals surface area (Å²) in [7, 11) is 0. The lowest BCUT2D eigenvalue weighted by molar-refractivity contribution is 0.257. The van der Waals surface area contributed by atoms with Crippen molar-refractivity contribution in [3.8, 4) is 5.75 Å². The van der Waals surface area contributed by atoms with E-state index in [0.717, 1.165) is 11.7 Å². The fraction of sp³-hybridized carbons (Fsp3) is 0.625. The molecule has 102 valence electrons. The monoisotopic (exact) mass is 249 g/mol. The largest absolute Gasteiger partial charge is 0.492 e. The van der Waals surface area contributed by atoms with Crippen molar-refractivity contribution >= 4 is 0 Å². The molecule has 2 unspecified atom stereocenters. The molecule has 0 saturated heterocycles. The summed E-state index contributed by atoms with van der Waals surface area (Å²) in [4.78, 5) is 0. The zero-order valence-electron chi connectivity index (χ0n) is 12.4. The third kappa shape index (κ3) is 6.06. The second-order valence-corrected chi connectivity index (χ2v) is 5.72. The highest BCUT2D eigenvalue weighted by atomic mass is 16.5. The van der Waals surface area contributed by atoms with E-state index >= 15 is 0 Å². The lowest BCUT2D eigenvalue weighted by atomic mass is 10.0. The molecule has 0 heterocycles. The molecule has 0 saturated carbocycles. The molecule has 2 nitrogen and oxygen atoms in total. The molecule has 2 atom stereocenters. The van der Waals surface area contributed by atoms with Crippen LogP contribution in [0.2, 0.25) is 0 Å². The van der Waals surface area contributed by atoms with Crippen molar-refractivity contribution in [3.63, 3.8) is 0 Å². The molecule has 1 rings (SSSR count). The summed E-state index contributed by atoms with van der Waals surface area (Å²) in [5, 5.41) is 3.57. The standard InChI is InChI=1S/C16H27NO/c1-12(2)10-14(4)17-15(5)11-18-16-8-6-13(3)7-9-16/h6-9,12,14-15,17H,10-11H2,1-5H3. The van der Waals surface area contributed by atoms with Crippen molar-refractivity contribution in [2.24, 2.45) is 5.92 Å². The molecule has 0 aromatic heterocycles. The van der Waals surface area contributed by atoms with Crippen LogP contribution in [0.3, 0.4) is 0 Å². The summed E-state index contributed by atoms with van der Waals surface area (Å²) in [6.45, 7) is 11.7. The average Bonchev–Trinajstić information content (AvgIpc) is 2.27. The van der Waals surface area contributed by atoms with Crippen molar-refractivity contribution in [1.82, 2.24) is 5.32 Å². The van der Waals surface area contributed by atoms with Crippen molar-refractivity contribution < 1.29 is 4.74 Å². The molecule has 0 aliphatic heterocycles. The highest BCUT2D eigenvalue weighted by molar-refractivity contribution is 5.26. The molecule has 18 heavy (non-hydrogen) atoms. The minimum atomic E-state index is 0.375. The third-order valence-electron chi connectivity index (χ3n) is 2.91. The molecule has 0 spiro atoms. The predicted molar refractivity (Wildman–Crippen MR) is 78.2 cm³/mol. The molecule has 0 fully saturated rings. The van der Waals surface area contributed by atoms with Gasteiger partial charge in [0.2, 0.25) is 0 Å². The van der Waals surface area contributed by atoms with Crippen LogP contribution in [0.5, 0.6) is 5.75 Å². The van der Waals surface area contributed by atoms with Gasteiger partial charge in [-0.25, -0.2) is 0 Å². The molecule has 0 bridgehead atoms. The number of nitrogens with one attached hydrogen (secondary N) is 1. The Hall–Kier alpha value is -1.02. The summed E-state index contributed by atoms with van der Waals surface area (Å²) in [6, 6.07) is 9.13. The lowest BCUT2D eigenvalue weighted by Gasteiger charge is -2.21. The number of hydrogen-bond donors (Lipinski definition) is 1. The Morgan fingerprint density at radius 1 is 1.00 bits per heavy atom. The van der Waals surface area contributed by atoms with E-state index in [-0.39, 0.29) is 0 Å². The maximum atomic E-state index is 5.77. The van der Waals surface area contributed by atoms with Crippen LogP contribution in [0.25, 0.3) is 0 Å². The van der Waals surface area contributed by atoms with E-state index in [1.165, 1.54) is 12.0 Å². The number of hydrogen-bond acceptors (Lipinski definition) is 2. The van der Waals surface area contributed by atoms with Crippen LogP contribution in [0.4, 0.5) is 0 Å². The first kappa shape index (κ1) is 15.0. The normalized spacial score (nSPS) is 14.6. The highest BCUT2D eigenvalue weighted by Crippen LogP contribution is 2.12. The van der Waals surface area contributed by atoms with E-state index in [1.54, 1.807) is 0 Å². The van der Waals surface area contributed by atoms with E-state index in [1.807, 2.05) is 12.1 Å². The van der Waals surface area contributed by atoms with Gasteiger partial charge < -0.3 is 10.1 Å². The summed E-state index contributed by atoms with van der Waals surface area (Å²) in [5.41, 5.74) is 1.26. The first-order valence-corrected chi connectivity index (χ1v) is 6.93. The van der Waals surface area contributed by atoms with Crippen LogP contribution in [0, 0.1) is 12.8 Å². The molecule has 1 N–H and O–H groups in total. The fourth-order valence-corrected chi connectivity index (χ4v) is 2.16. The Morgan fingerprint density at radius 2 is 1.61 bits per heavy atom. The highest BCUT2D eigenvalue weighted by Gasteiger charge is 2.09. The smallest absolute Gasteiger partial charge is 0.119 e. The van der Waals surface area contributed by atoms with E-state index < -0.39 is 0 Å². The minimum Gasteiger partial charge on any atom is -0.492 e. The average molecular weight is 249 g/mol. The van der Waals surface area contributed by atoms with E-state index in [9.17, 15) is 0 Å². The molecule has 2 heteroatoms. The van der Waals surface area contributed by atoms with Gasteiger partial charge in [0.15, 0.2) is 0 Å². The van der Waals surface area contributed by atoms with Gasteiger partial charge in [0.05, 0.1) is 0 Å². The van der Waals surface area contributed by atoms with Crippen molar-refractivity contribution in [2.45, 2.75) is 53.1 Å². The Morgan fingerprint density at radius 3 is 2.17 bits per heavy atom. The molecule has 0 aliphatic rings. The Balaban J connectivity index is 2.28. The molecule has 1 aromatic rings. The van der Waals surface area contributed by atoms with Crippen LogP contribution in [0.1, 0.15) is 39.7 Å². The summed E-state index contributed by atoms with van der Waals surface area (Å²) in [5.74, 6) is 1.68. The number of rotatable bonds is 7. The van der Waals surface area contributed by atoms with Crippen LogP contribution < -0.4 is 10.1 Å². The van der Waals surface area contributed by atoms with Gasteiger partial charge in [-0.2, -0.15) is 0 Å². The van der Waals surface area contributed by atoms with Gasteiger partial charge in [-0.15, -0.1) is 0 Å². The maximum Gasteiger partial charge on any atom is 0.119 e. The summed E-state index contributed by atoms with van der Waals surface area (Å²) >= 11 is 0. The molecule has 0 radical (unpaired) electrons. The third-order valence-corrected chi connectivity index (χ3v) is 2.91. The van der Waals surface area contributed by atoms with Crippen molar-refractivity contribution in [2.75, 3.05) is 6.61 Å².